The largest absolute Gasteiger partial charge is 0.337 e. The van der Waals surface area contributed by atoms with Gasteiger partial charge in [-0.2, -0.15) is 10.2 Å². The van der Waals surface area contributed by atoms with Crippen LogP contribution in [-0.2, 0) is 13.6 Å². The summed E-state index contributed by atoms with van der Waals surface area (Å²) < 4.78 is 3.37. The fraction of sp³-hybridized carbons (Fsp3) is 0.391. The summed E-state index contributed by atoms with van der Waals surface area (Å²) in [5, 5.41) is 12.2. The molecule has 32 heavy (non-hydrogen) atoms. The molecule has 0 aliphatic carbocycles. The molecule has 1 aliphatic heterocycles. The number of carbonyl (C=O) groups is 2. The summed E-state index contributed by atoms with van der Waals surface area (Å²) in [4.78, 5) is 27.7. The third kappa shape index (κ3) is 4.41. The molecule has 0 bridgehead atoms. The van der Waals surface area contributed by atoms with Gasteiger partial charge in [-0.25, -0.2) is 0 Å². The second-order valence-corrected chi connectivity index (χ2v) is 8.55. The first-order valence-electron chi connectivity index (χ1n) is 10.8. The monoisotopic (exact) mass is 454 g/mol. The Kier molecular flexibility index (Phi) is 6.32. The van der Waals surface area contributed by atoms with Crippen LogP contribution >= 0.6 is 11.6 Å². The van der Waals surface area contributed by atoms with Crippen LogP contribution in [0.4, 0.5) is 5.69 Å². The van der Waals surface area contributed by atoms with Crippen molar-refractivity contribution in [2.45, 2.75) is 39.7 Å². The molecular weight excluding hydrogens is 428 g/mol. The van der Waals surface area contributed by atoms with Crippen LogP contribution in [0.15, 0.2) is 30.5 Å². The van der Waals surface area contributed by atoms with Crippen molar-refractivity contribution in [3.63, 3.8) is 0 Å². The van der Waals surface area contributed by atoms with Gasteiger partial charge < -0.3 is 10.2 Å². The van der Waals surface area contributed by atoms with Crippen LogP contribution in [0.1, 0.15) is 57.1 Å². The van der Waals surface area contributed by atoms with Gasteiger partial charge in [0.25, 0.3) is 11.8 Å². The quantitative estimate of drug-likeness (QED) is 0.635. The number of benzene rings is 1. The number of amides is 2. The molecule has 0 atom stereocenters. The summed E-state index contributed by atoms with van der Waals surface area (Å²) in [5.74, 6) is -0.384. The van der Waals surface area contributed by atoms with Crippen molar-refractivity contribution in [3.8, 4) is 0 Å². The summed E-state index contributed by atoms with van der Waals surface area (Å²) >= 11 is 6.22. The summed E-state index contributed by atoms with van der Waals surface area (Å²) in [6.07, 6.45) is 4.67. The van der Waals surface area contributed by atoms with Gasteiger partial charge in [-0.15, -0.1) is 0 Å². The van der Waals surface area contributed by atoms with E-state index in [2.05, 4.69) is 15.5 Å². The number of likely N-dealkylation sites (tertiary alicyclic amines) is 1. The molecule has 3 heterocycles. The Hall–Kier alpha value is -3.13. The zero-order chi connectivity index (χ0) is 22.8. The third-order valence-corrected chi connectivity index (χ3v) is 6.42. The molecule has 2 aromatic heterocycles. The van der Waals surface area contributed by atoms with Crippen LogP contribution in [0.25, 0.3) is 0 Å². The van der Waals surface area contributed by atoms with Gasteiger partial charge in [-0.1, -0.05) is 23.7 Å². The van der Waals surface area contributed by atoms with E-state index >= 15 is 0 Å². The standard InChI is InChI=1S/C23H27ClN6O2/c1-15-20(24)16(2)30(27-15)14-17-7-9-18(10-8-17)22(31)26-19-13-25-28(3)21(19)23(32)29-11-5-4-6-12-29/h7-10,13H,4-6,11-12,14H2,1-3H3,(H,26,31). The van der Waals surface area contributed by atoms with Crippen LogP contribution in [0.5, 0.6) is 0 Å². The van der Waals surface area contributed by atoms with Crippen LogP contribution < -0.4 is 5.32 Å². The SMILES string of the molecule is Cc1nn(Cc2ccc(C(=O)Nc3cnn(C)c3C(=O)N3CCCCC3)cc2)c(C)c1Cl. The highest BCUT2D eigenvalue weighted by Gasteiger charge is 2.25. The molecule has 1 aliphatic rings. The molecule has 0 radical (unpaired) electrons. The molecular formula is C23H27ClN6O2. The Labute approximate surface area is 192 Å². The number of aromatic nitrogens is 4. The highest BCUT2D eigenvalue weighted by Crippen LogP contribution is 2.22. The number of rotatable bonds is 5. The first kappa shape index (κ1) is 22.1. The summed E-state index contributed by atoms with van der Waals surface area (Å²) in [6, 6.07) is 7.31. The van der Waals surface area contributed by atoms with Crippen molar-refractivity contribution in [2.75, 3.05) is 18.4 Å². The Balaban J connectivity index is 1.46. The van der Waals surface area contributed by atoms with Gasteiger partial charge in [0.05, 0.1) is 34.8 Å². The molecule has 1 saturated heterocycles. The lowest BCUT2D eigenvalue weighted by Gasteiger charge is -2.27. The fourth-order valence-corrected chi connectivity index (χ4v) is 4.12. The molecule has 8 nitrogen and oxygen atoms in total. The highest BCUT2D eigenvalue weighted by atomic mass is 35.5. The number of hydrogen-bond donors (Lipinski definition) is 1. The van der Waals surface area contributed by atoms with Crippen LogP contribution in [-0.4, -0.2) is 49.4 Å². The average Bonchev–Trinajstić information content (AvgIpc) is 3.28. The minimum Gasteiger partial charge on any atom is -0.337 e. The number of halogens is 1. The zero-order valence-electron chi connectivity index (χ0n) is 18.6. The van der Waals surface area contributed by atoms with E-state index in [1.807, 2.05) is 35.6 Å². The van der Waals surface area contributed by atoms with Gasteiger partial charge in [-0.05, 0) is 50.8 Å². The molecule has 3 aromatic rings. The molecule has 0 unspecified atom stereocenters. The van der Waals surface area contributed by atoms with E-state index in [0.717, 1.165) is 49.3 Å². The van der Waals surface area contributed by atoms with E-state index in [1.54, 1.807) is 19.2 Å². The van der Waals surface area contributed by atoms with Crippen LogP contribution in [0, 0.1) is 13.8 Å². The Morgan fingerprint density at radius 2 is 1.78 bits per heavy atom. The maximum Gasteiger partial charge on any atom is 0.274 e. The molecule has 4 rings (SSSR count). The van der Waals surface area contributed by atoms with Crippen molar-refractivity contribution in [1.29, 1.82) is 0 Å². The van der Waals surface area contributed by atoms with Crippen molar-refractivity contribution < 1.29 is 9.59 Å². The number of hydrogen-bond acceptors (Lipinski definition) is 4. The summed E-state index contributed by atoms with van der Waals surface area (Å²) in [6.45, 7) is 5.85. The fourth-order valence-electron chi connectivity index (χ4n) is 3.99. The Bertz CT molecular complexity index is 1140. The molecule has 2 amide bonds. The summed E-state index contributed by atoms with van der Waals surface area (Å²) in [5.41, 5.74) is 4.04. The lowest BCUT2D eigenvalue weighted by molar-refractivity contribution is 0.0714. The predicted octanol–water partition coefficient (Wildman–Crippen LogP) is 3.81. The molecule has 0 saturated carbocycles. The molecule has 9 heteroatoms. The smallest absolute Gasteiger partial charge is 0.274 e. The zero-order valence-corrected chi connectivity index (χ0v) is 19.3. The number of carbonyl (C=O) groups excluding carboxylic acids is 2. The number of aryl methyl sites for hydroxylation is 2. The van der Waals surface area contributed by atoms with Crippen molar-refractivity contribution in [1.82, 2.24) is 24.5 Å². The first-order valence-corrected chi connectivity index (χ1v) is 11.1. The number of piperidine rings is 1. The van der Waals surface area contributed by atoms with Gasteiger partial charge in [0, 0.05) is 25.7 Å². The topological polar surface area (TPSA) is 85.0 Å². The minimum atomic E-state index is -0.286. The molecule has 168 valence electrons. The molecule has 1 N–H and O–H groups in total. The predicted molar refractivity (Wildman–Crippen MR) is 123 cm³/mol. The Morgan fingerprint density at radius 1 is 1.09 bits per heavy atom. The van der Waals surface area contributed by atoms with Crippen LogP contribution in [0.3, 0.4) is 0 Å². The van der Waals surface area contributed by atoms with E-state index in [4.69, 9.17) is 11.6 Å². The normalized spacial score (nSPS) is 13.9. The second kappa shape index (κ2) is 9.16. The lowest BCUT2D eigenvalue weighted by Crippen LogP contribution is -2.37. The van der Waals surface area contributed by atoms with Crippen LogP contribution in [0.2, 0.25) is 5.02 Å². The number of nitrogens with zero attached hydrogens (tertiary/aromatic N) is 5. The average molecular weight is 455 g/mol. The van der Waals surface area contributed by atoms with Crippen molar-refractivity contribution in [3.05, 3.63) is 63.7 Å². The van der Waals surface area contributed by atoms with Gasteiger partial charge in [0.2, 0.25) is 0 Å². The first-order chi connectivity index (χ1) is 15.3. The van der Waals surface area contributed by atoms with Crippen molar-refractivity contribution >= 4 is 29.1 Å². The van der Waals surface area contributed by atoms with E-state index in [1.165, 1.54) is 10.9 Å². The van der Waals surface area contributed by atoms with E-state index < -0.39 is 0 Å². The number of anilines is 1. The maximum atomic E-state index is 13.0. The maximum absolute atomic E-state index is 13.0. The van der Waals surface area contributed by atoms with Gasteiger partial charge in [-0.3, -0.25) is 19.0 Å². The van der Waals surface area contributed by atoms with Crippen molar-refractivity contribution in [2.24, 2.45) is 7.05 Å². The van der Waals surface area contributed by atoms with Gasteiger partial charge in [0.15, 0.2) is 0 Å². The van der Waals surface area contributed by atoms with E-state index in [-0.39, 0.29) is 11.8 Å². The number of nitrogens with one attached hydrogen (secondary N) is 1. The van der Waals surface area contributed by atoms with Gasteiger partial charge >= 0.3 is 0 Å². The summed E-state index contributed by atoms with van der Waals surface area (Å²) in [7, 11) is 1.72. The highest BCUT2D eigenvalue weighted by molar-refractivity contribution is 6.31. The molecule has 1 aromatic carbocycles. The molecule has 1 fully saturated rings. The molecule has 0 spiro atoms. The second-order valence-electron chi connectivity index (χ2n) is 8.18. The Morgan fingerprint density at radius 3 is 2.41 bits per heavy atom. The third-order valence-electron chi connectivity index (χ3n) is 5.87. The van der Waals surface area contributed by atoms with Gasteiger partial charge in [0.1, 0.15) is 5.69 Å². The lowest BCUT2D eigenvalue weighted by atomic mass is 10.1. The van der Waals surface area contributed by atoms with E-state index in [9.17, 15) is 9.59 Å². The minimum absolute atomic E-state index is 0.0982. The van der Waals surface area contributed by atoms with E-state index in [0.29, 0.717) is 28.5 Å².